The Kier molecular flexibility index (Phi) is 4.22. The van der Waals surface area contributed by atoms with Gasteiger partial charge in [0.15, 0.2) is 0 Å². The summed E-state index contributed by atoms with van der Waals surface area (Å²) in [5, 5.41) is 7.13. The second-order valence-corrected chi connectivity index (χ2v) is 4.69. The summed E-state index contributed by atoms with van der Waals surface area (Å²) in [6.07, 6.45) is 0. The van der Waals surface area contributed by atoms with Crippen LogP contribution < -0.4 is 10.6 Å². The molecule has 2 N–H and O–H groups in total. The minimum atomic E-state index is 0.629. The second-order valence-electron chi connectivity index (χ2n) is 4.29. The van der Waals surface area contributed by atoms with Gasteiger partial charge in [-0.05, 0) is 38.5 Å². The van der Waals surface area contributed by atoms with E-state index in [0.29, 0.717) is 5.95 Å². The molecular weight excluding hydrogens is 260 g/mol. The third kappa shape index (κ3) is 3.35. The van der Waals surface area contributed by atoms with Crippen molar-refractivity contribution in [2.24, 2.45) is 0 Å². The highest BCUT2D eigenvalue weighted by molar-refractivity contribution is 6.31. The second kappa shape index (κ2) is 5.89. The maximum absolute atomic E-state index is 6.11. The molecule has 4 nitrogen and oxygen atoms in total. The van der Waals surface area contributed by atoms with Gasteiger partial charge in [0.05, 0.1) is 0 Å². The first-order valence-corrected chi connectivity index (χ1v) is 6.59. The van der Waals surface area contributed by atoms with Crippen LogP contribution in [0, 0.1) is 13.8 Å². The van der Waals surface area contributed by atoms with Crippen molar-refractivity contribution in [1.29, 1.82) is 0 Å². The van der Waals surface area contributed by atoms with Crippen LogP contribution >= 0.6 is 11.6 Å². The normalized spacial score (nSPS) is 10.3. The lowest BCUT2D eigenvalue weighted by Crippen LogP contribution is -2.05. The summed E-state index contributed by atoms with van der Waals surface area (Å²) in [5.41, 5.74) is 2.87. The Balaban J connectivity index is 2.30. The van der Waals surface area contributed by atoms with Crippen molar-refractivity contribution in [3.8, 4) is 0 Å². The van der Waals surface area contributed by atoms with Crippen LogP contribution in [0.4, 0.5) is 17.5 Å². The standard InChI is InChI=1S/C14H17ClN4/c1-4-16-14-17-9(2)8-13(19-14)18-12-7-5-6-11(15)10(12)3/h5-8H,4H2,1-3H3,(H2,16,17,18,19). The van der Waals surface area contributed by atoms with Gasteiger partial charge in [0.2, 0.25) is 5.95 Å². The van der Waals surface area contributed by atoms with Gasteiger partial charge < -0.3 is 10.6 Å². The highest BCUT2D eigenvalue weighted by Crippen LogP contribution is 2.25. The quantitative estimate of drug-likeness (QED) is 0.889. The number of rotatable bonds is 4. The van der Waals surface area contributed by atoms with E-state index in [-0.39, 0.29) is 0 Å². The van der Waals surface area contributed by atoms with E-state index in [2.05, 4.69) is 20.6 Å². The van der Waals surface area contributed by atoms with Crippen molar-refractivity contribution in [3.63, 3.8) is 0 Å². The number of aryl methyl sites for hydroxylation is 1. The molecule has 19 heavy (non-hydrogen) atoms. The molecule has 0 atom stereocenters. The van der Waals surface area contributed by atoms with Crippen LogP contribution in [0.5, 0.6) is 0 Å². The van der Waals surface area contributed by atoms with Crippen molar-refractivity contribution in [2.75, 3.05) is 17.2 Å². The van der Waals surface area contributed by atoms with Crippen molar-refractivity contribution in [3.05, 3.63) is 40.5 Å². The zero-order valence-electron chi connectivity index (χ0n) is 11.3. The van der Waals surface area contributed by atoms with Crippen LogP contribution in [-0.4, -0.2) is 16.5 Å². The van der Waals surface area contributed by atoms with E-state index in [4.69, 9.17) is 11.6 Å². The Bertz CT molecular complexity index is 584. The lowest BCUT2D eigenvalue weighted by molar-refractivity contribution is 1.05. The number of halogens is 1. The number of nitrogens with zero attached hydrogens (tertiary/aromatic N) is 2. The fourth-order valence-electron chi connectivity index (χ4n) is 1.75. The van der Waals surface area contributed by atoms with E-state index >= 15 is 0 Å². The molecule has 1 heterocycles. The van der Waals surface area contributed by atoms with Gasteiger partial charge >= 0.3 is 0 Å². The summed E-state index contributed by atoms with van der Waals surface area (Å²) in [6, 6.07) is 7.67. The minimum absolute atomic E-state index is 0.629. The van der Waals surface area contributed by atoms with Crippen LogP contribution in [0.3, 0.4) is 0 Å². The monoisotopic (exact) mass is 276 g/mol. The summed E-state index contributed by atoms with van der Waals surface area (Å²) in [5.74, 6) is 1.39. The van der Waals surface area contributed by atoms with Crippen molar-refractivity contribution in [2.45, 2.75) is 20.8 Å². The lowest BCUT2D eigenvalue weighted by atomic mass is 10.2. The molecule has 1 aromatic heterocycles. The van der Waals surface area contributed by atoms with Crippen LogP contribution in [0.25, 0.3) is 0 Å². The average molecular weight is 277 g/mol. The summed E-state index contributed by atoms with van der Waals surface area (Å²) in [6.45, 7) is 6.72. The molecule has 1 aromatic carbocycles. The van der Waals surface area contributed by atoms with E-state index in [1.165, 1.54) is 0 Å². The summed E-state index contributed by atoms with van der Waals surface area (Å²) in [4.78, 5) is 8.73. The van der Waals surface area contributed by atoms with Crippen LogP contribution in [0.1, 0.15) is 18.2 Å². The van der Waals surface area contributed by atoms with Crippen molar-refractivity contribution < 1.29 is 0 Å². The molecule has 0 bridgehead atoms. The summed E-state index contributed by atoms with van der Waals surface area (Å²) in [7, 11) is 0. The first kappa shape index (κ1) is 13.6. The first-order valence-electron chi connectivity index (χ1n) is 6.22. The van der Waals surface area contributed by atoms with E-state index in [0.717, 1.165) is 34.3 Å². The van der Waals surface area contributed by atoms with E-state index in [9.17, 15) is 0 Å². The lowest BCUT2D eigenvalue weighted by Gasteiger charge is -2.11. The Morgan fingerprint density at radius 3 is 2.74 bits per heavy atom. The molecule has 2 rings (SSSR count). The maximum Gasteiger partial charge on any atom is 0.224 e. The van der Waals surface area contributed by atoms with Gasteiger partial charge in [-0.1, -0.05) is 17.7 Å². The van der Waals surface area contributed by atoms with Gasteiger partial charge in [-0.2, -0.15) is 4.98 Å². The largest absolute Gasteiger partial charge is 0.354 e. The maximum atomic E-state index is 6.11. The predicted molar refractivity (Wildman–Crippen MR) is 80.4 cm³/mol. The molecule has 0 fully saturated rings. The molecule has 0 saturated carbocycles. The molecule has 0 spiro atoms. The van der Waals surface area contributed by atoms with Gasteiger partial charge in [-0.15, -0.1) is 0 Å². The number of hydrogen-bond donors (Lipinski definition) is 2. The molecule has 0 unspecified atom stereocenters. The Hall–Kier alpha value is -1.81. The van der Waals surface area contributed by atoms with E-state index < -0.39 is 0 Å². The number of nitrogens with one attached hydrogen (secondary N) is 2. The molecule has 0 aliphatic heterocycles. The number of aromatic nitrogens is 2. The predicted octanol–water partition coefficient (Wildman–Crippen LogP) is 3.92. The highest BCUT2D eigenvalue weighted by Gasteiger charge is 2.05. The average Bonchev–Trinajstić information content (AvgIpc) is 2.35. The van der Waals surface area contributed by atoms with Gasteiger partial charge in [-0.25, -0.2) is 4.98 Å². The molecular formula is C14H17ClN4. The molecule has 0 radical (unpaired) electrons. The smallest absolute Gasteiger partial charge is 0.224 e. The third-order valence-electron chi connectivity index (χ3n) is 2.72. The molecule has 100 valence electrons. The summed E-state index contributed by atoms with van der Waals surface area (Å²) >= 11 is 6.11. The highest BCUT2D eigenvalue weighted by atomic mass is 35.5. The fourth-order valence-corrected chi connectivity index (χ4v) is 1.93. The first-order chi connectivity index (χ1) is 9.10. The Morgan fingerprint density at radius 1 is 1.21 bits per heavy atom. The molecule has 5 heteroatoms. The van der Waals surface area contributed by atoms with Crippen molar-refractivity contribution >= 4 is 29.1 Å². The molecule has 0 aliphatic rings. The topological polar surface area (TPSA) is 49.8 Å². The number of hydrogen-bond acceptors (Lipinski definition) is 4. The molecule has 0 amide bonds. The van der Waals surface area contributed by atoms with Crippen LogP contribution in [0.15, 0.2) is 24.3 Å². The Morgan fingerprint density at radius 2 is 2.00 bits per heavy atom. The Labute approximate surface area is 118 Å². The number of anilines is 3. The van der Waals surface area contributed by atoms with Gasteiger partial charge in [-0.3, -0.25) is 0 Å². The van der Waals surface area contributed by atoms with Gasteiger partial charge in [0.25, 0.3) is 0 Å². The fraction of sp³-hybridized carbons (Fsp3) is 0.286. The third-order valence-corrected chi connectivity index (χ3v) is 3.13. The van der Waals surface area contributed by atoms with E-state index in [1.807, 2.05) is 45.0 Å². The SMILES string of the molecule is CCNc1nc(C)cc(Nc2cccc(Cl)c2C)n1. The van der Waals surface area contributed by atoms with Gasteiger partial charge in [0, 0.05) is 29.0 Å². The zero-order chi connectivity index (χ0) is 13.8. The van der Waals surface area contributed by atoms with Crippen molar-refractivity contribution in [1.82, 2.24) is 9.97 Å². The van der Waals surface area contributed by atoms with Crippen LogP contribution in [-0.2, 0) is 0 Å². The molecule has 2 aromatic rings. The summed E-state index contributed by atoms with van der Waals surface area (Å²) < 4.78 is 0. The zero-order valence-corrected chi connectivity index (χ0v) is 12.0. The van der Waals surface area contributed by atoms with Crippen LogP contribution in [0.2, 0.25) is 5.02 Å². The molecule has 0 saturated heterocycles. The minimum Gasteiger partial charge on any atom is -0.354 e. The number of benzene rings is 1. The molecule has 0 aliphatic carbocycles. The van der Waals surface area contributed by atoms with Gasteiger partial charge in [0.1, 0.15) is 5.82 Å². The van der Waals surface area contributed by atoms with E-state index in [1.54, 1.807) is 0 Å².